The zero-order valence-corrected chi connectivity index (χ0v) is 8.56. The maximum absolute atomic E-state index is 10.8. The molecule has 1 unspecified atom stereocenters. The van der Waals surface area contributed by atoms with E-state index in [1.165, 1.54) is 0 Å². The van der Waals surface area contributed by atoms with Gasteiger partial charge in [-0.15, -0.1) is 0 Å². The van der Waals surface area contributed by atoms with Gasteiger partial charge in [0.2, 0.25) is 5.31 Å². The van der Waals surface area contributed by atoms with E-state index in [1.54, 1.807) is 6.08 Å². The molecule has 0 heterocycles. The van der Waals surface area contributed by atoms with E-state index in [0.29, 0.717) is 5.31 Å². The average Bonchev–Trinajstić information content (AvgIpc) is 1.83. The molecule has 1 atom stereocenters. The Hall–Kier alpha value is -0.460. The molecule has 12 heavy (non-hydrogen) atoms. The fourth-order valence-corrected chi connectivity index (χ4v) is 2.11. The first-order valence-corrected chi connectivity index (χ1v) is 5.19. The molecule has 66 valence electrons. The number of allylic oxidation sites excluding steroid dienone is 4. The molecular weight excluding hydrogens is 171 g/mol. The van der Waals surface area contributed by atoms with Gasteiger partial charge in [-0.25, -0.2) is 0 Å². The fraction of sp³-hybridized carbons (Fsp3) is 0.556. The van der Waals surface area contributed by atoms with Crippen LogP contribution in [0.2, 0.25) is 0 Å². The molecule has 0 amide bonds. The molecule has 1 rings (SSSR count). The van der Waals surface area contributed by atoms with Crippen LogP contribution in [-0.2, 0) is 4.57 Å². The normalized spacial score (nSPS) is 22.8. The van der Waals surface area contributed by atoms with Gasteiger partial charge in [-0.2, -0.15) is 4.89 Å². The molecule has 0 saturated carbocycles. The molecule has 3 heteroatoms. The number of rotatable bonds is 1. The van der Waals surface area contributed by atoms with Crippen molar-refractivity contribution in [2.45, 2.75) is 27.2 Å². The highest BCUT2D eigenvalue weighted by molar-refractivity contribution is 7.43. The van der Waals surface area contributed by atoms with Crippen molar-refractivity contribution in [3.8, 4) is 0 Å². The molecule has 0 aromatic rings. The standard InChI is InChI=1S/C9H13O2P/c1-7-6-9(2,3)5-4-8(7)12(10)11/h4-5H,6H2,1-3H3/p+1. The van der Waals surface area contributed by atoms with Gasteiger partial charge in [-0.05, 0) is 35.0 Å². The van der Waals surface area contributed by atoms with E-state index in [4.69, 9.17) is 4.89 Å². The molecule has 0 aliphatic heterocycles. The van der Waals surface area contributed by atoms with Gasteiger partial charge in [0.15, 0.2) is 0 Å². The molecule has 0 saturated heterocycles. The van der Waals surface area contributed by atoms with Crippen LogP contribution in [0.4, 0.5) is 0 Å². The van der Waals surface area contributed by atoms with Crippen molar-refractivity contribution in [1.29, 1.82) is 0 Å². The van der Waals surface area contributed by atoms with Gasteiger partial charge in [-0.3, -0.25) is 0 Å². The number of hydrogen-bond donors (Lipinski definition) is 1. The monoisotopic (exact) mass is 185 g/mol. The zero-order valence-electron chi connectivity index (χ0n) is 7.66. The average molecular weight is 185 g/mol. The smallest absolute Gasteiger partial charge is 0.156 e. The zero-order chi connectivity index (χ0) is 9.35. The van der Waals surface area contributed by atoms with Crippen LogP contribution in [0, 0.1) is 5.41 Å². The van der Waals surface area contributed by atoms with Crippen molar-refractivity contribution in [3.63, 3.8) is 0 Å². The summed E-state index contributed by atoms with van der Waals surface area (Å²) in [6.45, 7) is 6.16. The largest absolute Gasteiger partial charge is 0.546 e. The van der Waals surface area contributed by atoms with Crippen LogP contribution in [0.25, 0.3) is 0 Å². The van der Waals surface area contributed by atoms with E-state index in [2.05, 4.69) is 13.8 Å². The third kappa shape index (κ3) is 2.02. The quantitative estimate of drug-likeness (QED) is 0.637. The molecule has 0 aromatic heterocycles. The van der Waals surface area contributed by atoms with Gasteiger partial charge in [0.1, 0.15) is 0 Å². The Kier molecular flexibility index (Phi) is 2.50. The maximum atomic E-state index is 10.8. The summed E-state index contributed by atoms with van der Waals surface area (Å²) >= 11 is 0. The Bertz CT molecular complexity index is 274. The highest BCUT2D eigenvalue weighted by Gasteiger charge is 2.29. The van der Waals surface area contributed by atoms with Crippen LogP contribution in [0.15, 0.2) is 23.0 Å². The van der Waals surface area contributed by atoms with E-state index in [9.17, 15) is 4.57 Å². The highest BCUT2D eigenvalue weighted by Crippen LogP contribution is 2.41. The Balaban J connectivity index is 2.95. The van der Waals surface area contributed by atoms with Crippen molar-refractivity contribution in [3.05, 3.63) is 23.0 Å². The lowest BCUT2D eigenvalue weighted by Crippen LogP contribution is -2.11. The first-order valence-electron chi connectivity index (χ1n) is 3.97. The van der Waals surface area contributed by atoms with Crippen molar-refractivity contribution in [2.75, 3.05) is 0 Å². The Morgan fingerprint density at radius 2 is 2.17 bits per heavy atom. The second-order valence-corrected chi connectivity index (χ2v) is 4.96. The van der Waals surface area contributed by atoms with Crippen LogP contribution in [0.5, 0.6) is 0 Å². The predicted octanol–water partition coefficient (Wildman–Crippen LogP) is 2.98. The number of hydrogen-bond acceptors (Lipinski definition) is 1. The van der Waals surface area contributed by atoms with Gasteiger partial charge in [0, 0.05) is 0 Å². The third-order valence-corrected chi connectivity index (χ3v) is 3.00. The van der Waals surface area contributed by atoms with Crippen LogP contribution in [0.3, 0.4) is 0 Å². The first-order chi connectivity index (χ1) is 5.42. The summed E-state index contributed by atoms with van der Waals surface area (Å²) in [4.78, 5) is 8.92. The fourth-order valence-electron chi connectivity index (χ4n) is 1.51. The summed E-state index contributed by atoms with van der Waals surface area (Å²) in [5.74, 6) is 0. The molecule has 0 radical (unpaired) electrons. The van der Waals surface area contributed by atoms with Crippen molar-refractivity contribution in [1.82, 2.24) is 0 Å². The second kappa shape index (κ2) is 3.12. The van der Waals surface area contributed by atoms with Crippen LogP contribution in [0.1, 0.15) is 27.2 Å². The highest BCUT2D eigenvalue weighted by atomic mass is 31.1. The minimum atomic E-state index is -2.16. The van der Waals surface area contributed by atoms with Crippen molar-refractivity contribution in [2.24, 2.45) is 5.41 Å². The lowest BCUT2D eigenvalue weighted by Gasteiger charge is -2.22. The van der Waals surface area contributed by atoms with Gasteiger partial charge in [-0.1, -0.05) is 19.9 Å². The van der Waals surface area contributed by atoms with Gasteiger partial charge in [0.05, 0.1) is 0 Å². The third-order valence-electron chi connectivity index (χ3n) is 2.06. The maximum Gasteiger partial charge on any atom is 0.546 e. The lowest BCUT2D eigenvalue weighted by atomic mass is 9.82. The van der Waals surface area contributed by atoms with Gasteiger partial charge >= 0.3 is 8.03 Å². The summed E-state index contributed by atoms with van der Waals surface area (Å²) in [5, 5.41) is 0.601. The summed E-state index contributed by atoms with van der Waals surface area (Å²) in [7, 11) is -2.16. The van der Waals surface area contributed by atoms with Gasteiger partial charge in [0.25, 0.3) is 0 Å². The van der Waals surface area contributed by atoms with E-state index < -0.39 is 8.03 Å². The Morgan fingerprint density at radius 1 is 1.58 bits per heavy atom. The summed E-state index contributed by atoms with van der Waals surface area (Å²) < 4.78 is 10.8. The summed E-state index contributed by atoms with van der Waals surface area (Å²) in [6.07, 6.45) is 4.65. The van der Waals surface area contributed by atoms with E-state index in [-0.39, 0.29) is 5.41 Å². The van der Waals surface area contributed by atoms with E-state index >= 15 is 0 Å². The first kappa shape index (κ1) is 9.63. The summed E-state index contributed by atoms with van der Waals surface area (Å²) in [6, 6.07) is 0. The minimum absolute atomic E-state index is 0.138. The Morgan fingerprint density at radius 3 is 2.58 bits per heavy atom. The minimum Gasteiger partial charge on any atom is -0.156 e. The Labute approximate surface area is 73.9 Å². The van der Waals surface area contributed by atoms with E-state index in [0.717, 1.165) is 12.0 Å². The molecule has 0 spiro atoms. The molecular formula is C9H14O2P+. The van der Waals surface area contributed by atoms with Crippen molar-refractivity contribution >= 4 is 8.03 Å². The molecule has 0 fully saturated rings. The lowest BCUT2D eigenvalue weighted by molar-refractivity contribution is 0.466. The van der Waals surface area contributed by atoms with Gasteiger partial charge < -0.3 is 0 Å². The molecule has 1 aliphatic carbocycles. The van der Waals surface area contributed by atoms with Crippen LogP contribution < -0.4 is 0 Å². The van der Waals surface area contributed by atoms with Crippen LogP contribution in [-0.4, -0.2) is 4.89 Å². The predicted molar refractivity (Wildman–Crippen MR) is 50.1 cm³/mol. The topological polar surface area (TPSA) is 37.3 Å². The molecule has 0 bridgehead atoms. The molecule has 1 aliphatic rings. The van der Waals surface area contributed by atoms with E-state index in [1.807, 2.05) is 13.0 Å². The van der Waals surface area contributed by atoms with Crippen LogP contribution >= 0.6 is 8.03 Å². The second-order valence-electron chi connectivity index (χ2n) is 3.94. The molecule has 0 aromatic carbocycles. The SMILES string of the molecule is CC1=C([P+](=O)O)C=CC(C)(C)C1. The molecule has 2 nitrogen and oxygen atoms in total. The van der Waals surface area contributed by atoms with Crippen molar-refractivity contribution < 1.29 is 9.46 Å². The molecule has 1 N–H and O–H groups in total. The summed E-state index contributed by atoms with van der Waals surface area (Å²) in [5.41, 5.74) is 1.17.